The molecule has 3 unspecified atom stereocenters. The summed E-state index contributed by atoms with van der Waals surface area (Å²) < 4.78 is 5.85. The molecular weight excluding hydrogens is 282 g/mol. The van der Waals surface area contributed by atoms with Gasteiger partial charge in [0.1, 0.15) is 0 Å². The van der Waals surface area contributed by atoms with Crippen LogP contribution in [0.5, 0.6) is 0 Å². The number of fused-ring (bicyclic) bond motifs is 1. The summed E-state index contributed by atoms with van der Waals surface area (Å²) in [6.45, 7) is 8.44. The number of hydrogen-bond acceptors (Lipinski definition) is 3. The SMILES string of the molecule is CN=C(NCc1ccc(C)s1)NC1C2CCOC2C1(C)C. The van der Waals surface area contributed by atoms with Crippen LogP contribution in [0.1, 0.15) is 30.0 Å². The van der Waals surface area contributed by atoms with E-state index in [2.05, 4.69) is 48.5 Å². The molecule has 1 aliphatic heterocycles. The molecule has 2 N–H and O–H groups in total. The molecule has 1 saturated heterocycles. The van der Waals surface area contributed by atoms with Crippen LogP contribution in [0.15, 0.2) is 17.1 Å². The fraction of sp³-hybridized carbons (Fsp3) is 0.688. The molecular formula is C16H25N3OS. The van der Waals surface area contributed by atoms with Crippen LogP contribution in [0.4, 0.5) is 0 Å². The van der Waals surface area contributed by atoms with Crippen molar-refractivity contribution in [3.63, 3.8) is 0 Å². The highest BCUT2D eigenvalue weighted by Gasteiger charge is 2.59. The van der Waals surface area contributed by atoms with Gasteiger partial charge in [-0.05, 0) is 25.5 Å². The zero-order chi connectivity index (χ0) is 15.0. The number of ether oxygens (including phenoxy) is 1. The van der Waals surface area contributed by atoms with E-state index in [4.69, 9.17) is 4.74 Å². The number of aryl methyl sites for hydroxylation is 1. The molecule has 0 aromatic carbocycles. The van der Waals surface area contributed by atoms with E-state index in [0.29, 0.717) is 18.1 Å². The van der Waals surface area contributed by atoms with Crippen LogP contribution in [0.25, 0.3) is 0 Å². The van der Waals surface area contributed by atoms with E-state index in [0.717, 1.165) is 25.5 Å². The second-order valence-electron chi connectivity index (χ2n) is 6.63. The van der Waals surface area contributed by atoms with E-state index in [1.807, 2.05) is 18.4 Å². The number of nitrogens with zero attached hydrogens (tertiary/aromatic N) is 1. The lowest BCUT2D eigenvalue weighted by Gasteiger charge is -2.54. The maximum atomic E-state index is 5.85. The monoisotopic (exact) mass is 307 g/mol. The quantitative estimate of drug-likeness (QED) is 0.666. The number of hydrogen-bond donors (Lipinski definition) is 2. The summed E-state index contributed by atoms with van der Waals surface area (Å²) in [7, 11) is 1.84. The summed E-state index contributed by atoms with van der Waals surface area (Å²) in [5.41, 5.74) is 0.179. The van der Waals surface area contributed by atoms with Gasteiger partial charge in [-0.2, -0.15) is 0 Å². The van der Waals surface area contributed by atoms with Gasteiger partial charge in [-0.3, -0.25) is 4.99 Å². The molecule has 21 heavy (non-hydrogen) atoms. The summed E-state index contributed by atoms with van der Waals surface area (Å²) >= 11 is 1.83. The number of rotatable bonds is 3. The highest BCUT2D eigenvalue weighted by molar-refractivity contribution is 7.11. The molecule has 1 aromatic heterocycles. The minimum Gasteiger partial charge on any atom is -0.377 e. The van der Waals surface area contributed by atoms with E-state index in [-0.39, 0.29) is 5.41 Å². The van der Waals surface area contributed by atoms with Gasteiger partial charge in [-0.1, -0.05) is 13.8 Å². The molecule has 0 radical (unpaired) electrons. The summed E-state index contributed by atoms with van der Waals surface area (Å²) in [4.78, 5) is 7.06. The van der Waals surface area contributed by atoms with Crippen LogP contribution in [-0.4, -0.2) is 31.8 Å². The van der Waals surface area contributed by atoms with Crippen molar-refractivity contribution >= 4 is 17.3 Å². The van der Waals surface area contributed by atoms with Crippen LogP contribution >= 0.6 is 11.3 Å². The Balaban J connectivity index is 1.58. The minimum atomic E-state index is 0.179. The van der Waals surface area contributed by atoms with E-state index in [1.165, 1.54) is 9.75 Å². The Morgan fingerprint density at radius 1 is 1.48 bits per heavy atom. The van der Waals surface area contributed by atoms with E-state index >= 15 is 0 Å². The first-order chi connectivity index (χ1) is 10.0. The standard InChI is InChI=1S/C16H25N3OS/c1-10-5-6-11(21-10)9-18-15(17-4)19-13-12-7-8-20-14(12)16(13,2)3/h5-6,12-14H,7-9H2,1-4H3,(H2,17,18,19). The average Bonchev–Trinajstić information content (AvgIpc) is 3.06. The largest absolute Gasteiger partial charge is 0.377 e. The smallest absolute Gasteiger partial charge is 0.191 e. The second-order valence-corrected chi connectivity index (χ2v) is 8.00. The fourth-order valence-electron chi connectivity index (χ4n) is 3.71. The molecule has 0 bridgehead atoms. The predicted octanol–water partition coefficient (Wildman–Crippen LogP) is 2.54. The predicted molar refractivity (Wildman–Crippen MR) is 87.8 cm³/mol. The maximum Gasteiger partial charge on any atom is 0.191 e. The topological polar surface area (TPSA) is 45.7 Å². The van der Waals surface area contributed by atoms with E-state index < -0.39 is 0 Å². The Morgan fingerprint density at radius 3 is 2.95 bits per heavy atom. The van der Waals surface area contributed by atoms with Crippen LogP contribution in [0.3, 0.4) is 0 Å². The fourth-order valence-corrected chi connectivity index (χ4v) is 4.54. The first kappa shape index (κ1) is 14.9. The first-order valence-electron chi connectivity index (χ1n) is 7.66. The van der Waals surface area contributed by atoms with Crippen molar-refractivity contribution in [2.45, 2.75) is 45.9 Å². The number of aliphatic imine (C=N–C) groups is 1. The molecule has 4 nitrogen and oxygen atoms in total. The molecule has 2 aliphatic rings. The Hall–Kier alpha value is -1.07. The van der Waals surface area contributed by atoms with Crippen molar-refractivity contribution in [1.29, 1.82) is 0 Å². The molecule has 2 fully saturated rings. The molecule has 0 amide bonds. The zero-order valence-corrected chi connectivity index (χ0v) is 14.1. The van der Waals surface area contributed by atoms with E-state index in [1.54, 1.807) is 0 Å². The third kappa shape index (κ3) is 2.69. The van der Waals surface area contributed by atoms with Gasteiger partial charge in [0.2, 0.25) is 0 Å². The van der Waals surface area contributed by atoms with Crippen LogP contribution in [-0.2, 0) is 11.3 Å². The third-order valence-electron chi connectivity index (χ3n) is 4.84. The Bertz CT molecular complexity index is 537. The molecule has 2 heterocycles. The number of thiophene rings is 1. The van der Waals surface area contributed by atoms with Crippen LogP contribution in [0, 0.1) is 18.3 Å². The summed E-state index contributed by atoms with van der Waals surface area (Å²) in [5, 5.41) is 7.03. The second kappa shape index (κ2) is 5.61. The summed E-state index contributed by atoms with van der Waals surface area (Å²) in [6.07, 6.45) is 1.57. The third-order valence-corrected chi connectivity index (χ3v) is 5.84. The normalized spacial score (nSPS) is 30.7. The van der Waals surface area contributed by atoms with Gasteiger partial charge in [0, 0.05) is 40.8 Å². The zero-order valence-electron chi connectivity index (χ0n) is 13.3. The number of guanidine groups is 1. The molecule has 1 aliphatic carbocycles. The maximum absolute atomic E-state index is 5.85. The average molecular weight is 307 g/mol. The van der Waals surface area contributed by atoms with E-state index in [9.17, 15) is 0 Å². The number of nitrogens with one attached hydrogen (secondary N) is 2. The summed E-state index contributed by atoms with van der Waals surface area (Å²) in [6, 6.07) is 4.78. The Labute approximate surface area is 131 Å². The molecule has 1 saturated carbocycles. The molecule has 3 rings (SSSR count). The van der Waals surface area contributed by atoms with Crippen molar-refractivity contribution in [3.05, 3.63) is 21.9 Å². The molecule has 116 valence electrons. The first-order valence-corrected chi connectivity index (χ1v) is 8.48. The van der Waals surface area contributed by atoms with Gasteiger partial charge in [-0.25, -0.2) is 0 Å². The lowest BCUT2D eigenvalue weighted by atomic mass is 9.57. The Morgan fingerprint density at radius 2 is 2.29 bits per heavy atom. The van der Waals surface area contributed by atoms with Gasteiger partial charge >= 0.3 is 0 Å². The lowest BCUT2D eigenvalue weighted by molar-refractivity contribution is -0.106. The molecule has 5 heteroatoms. The van der Waals surface area contributed by atoms with Crippen molar-refractivity contribution in [2.75, 3.05) is 13.7 Å². The van der Waals surface area contributed by atoms with Gasteiger partial charge in [0.05, 0.1) is 12.6 Å². The van der Waals surface area contributed by atoms with Gasteiger partial charge in [0.15, 0.2) is 5.96 Å². The van der Waals surface area contributed by atoms with Gasteiger partial charge in [-0.15, -0.1) is 11.3 Å². The molecule has 0 spiro atoms. The highest BCUT2D eigenvalue weighted by atomic mass is 32.1. The van der Waals surface area contributed by atoms with Gasteiger partial charge in [0.25, 0.3) is 0 Å². The van der Waals surface area contributed by atoms with Gasteiger partial charge < -0.3 is 15.4 Å². The summed E-state index contributed by atoms with van der Waals surface area (Å²) in [5.74, 6) is 1.52. The van der Waals surface area contributed by atoms with Crippen molar-refractivity contribution in [1.82, 2.24) is 10.6 Å². The molecule has 1 aromatic rings. The van der Waals surface area contributed by atoms with Crippen LogP contribution in [0.2, 0.25) is 0 Å². The van der Waals surface area contributed by atoms with Crippen molar-refractivity contribution in [3.8, 4) is 0 Å². The lowest BCUT2D eigenvalue weighted by Crippen LogP contribution is -2.67. The van der Waals surface area contributed by atoms with Crippen molar-refractivity contribution < 1.29 is 4.74 Å². The van der Waals surface area contributed by atoms with Crippen LogP contribution < -0.4 is 10.6 Å². The minimum absolute atomic E-state index is 0.179. The van der Waals surface area contributed by atoms with Crippen molar-refractivity contribution in [2.24, 2.45) is 16.3 Å². The Kier molecular flexibility index (Phi) is 3.97. The highest BCUT2D eigenvalue weighted by Crippen LogP contribution is 2.52. The molecule has 3 atom stereocenters.